The number of rotatable bonds is 4. The average molecular weight is 288 g/mol. The Hall–Kier alpha value is -1.43. The molecule has 2 heterocycles. The lowest BCUT2D eigenvalue weighted by atomic mass is 9.97. The largest absolute Gasteiger partial charge is 0.299 e. The lowest BCUT2D eigenvalue weighted by Crippen LogP contribution is -2.52. The Bertz CT molecular complexity index is 478. The normalized spacial score (nSPS) is 24.5. The first-order valence-electron chi connectivity index (χ1n) is 7.79. The van der Waals surface area contributed by atoms with Gasteiger partial charge in [-0.15, -0.1) is 0 Å². The number of hydrazine groups is 1. The number of nitrogens with one attached hydrogen (secondary N) is 1. The molecule has 3 rings (SSSR count). The monoisotopic (exact) mass is 288 g/mol. The van der Waals surface area contributed by atoms with Crippen molar-refractivity contribution in [3.8, 4) is 0 Å². The highest BCUT2D eigenvalue weighted by Crippen LogP contribution is 2.24. The molecule has 5 heteroatoms. The molecule has 0 radical (unpaired) electrons. The standard InChI is InChI=1S/C16H24N4O/c17-18-16(21)15(13-5-2-1-3-6-13)12-19-9-10-20-8-4-7-14(20)11-19/h1-3,5-6,14-15H,4,7-12,17H2,(H,18,21). The Morgan fingerprint density at radius 2 is 2.10 bits per heavy atom. The Labute approximate surface area is 126 Å². The van der Waals surface area contributed by atoms with Gasteiger partial charge in [-0.1, -0.05) is 30.3 Å². The molecule has 2 atom stereocenters. The summed E-state index contributed by atoms with van der Waals surface area (Å²) in [5.74, 6) is 5.08. The summed E-state index contributed by atoms with van der Waals surface area (Å²) >= 11 is 0. The molecule has 0 bridgehead atoms. The number of benzene rings is 1. The van der Waals surface area contributed by atoms with E-state index in [0.29, 0.717) is 6.04 Å². The van der Waals surface area contributed by atoms with Crippen LogP contribution in [0.4, 0.5) is 0 Å². The molecule has 2 saturated heterocycles. The van der Waals surface area contributed by atoms with Crippen molar-refractivity contribution in [1.29, 1.82) is 0 Å². The van der Waals surface area contributed by atoms with Crippen LogP contribution < -0.4 is 11.3 Å². The van der Waals surface area contributed by atoms with Gasteiger partial charge in [0.25, 0.3) is 0 Å². The van der Waals surface area contributed by atoms with Gasteiger partial charge in [-0.2, -0.15) is 0 Å². The summed E-state index contributed by atoms with van der Waals surface area (Å²) < 4.78 is 0. The van der Waals surface area contributed by atoms with Crippen LogP contribution in [0.3, 0.4) is 0 Å². The van der Waals surface area contributed by atoms with Crippen LogP contribution in [-0.2, 0) is 4.79 Å². The van der Waals surface area contributed by atoms with Gasteiger partial charge in [0.05, 0.1) is 5.92 Å². The Kier molecular flexibility index (Phi) is 4.53. The van der Waals surface area contributed by atoms with Gasteiger partial charge in [-0.25, -0.2) is 5.84 Å². The molecule has 5 nitrogen and oxygen atoms in total. The van der Waals surface area contributed by atoms with Crippen LogP contribution in [0.2, 0.25) is 0 Å². The molecule has 2 aliphatic rings. The van der Waals surface area contributed by atoms with Gasteiger partial charge in [0.1, 0.15) is 0 Å². The van der Waals surface area contributed by atoms with E-state index in [0.717, 1.165) is 31.7 Å². The predicted octanol–water partition coefficient (Wildman–Crippen LogP) is 0.540. The summed E-state index contributed by atoms with van der Waals surface area (Å²) in [5, 5.41) is 0. The molecule has 0 aliphatic carbocycles. The maximum atomic E-state index is 12.1. The summed E-state index contributed by atoms with van der Waals surface area (Å²) in [6.07, 6.45) is 2.60. The van der Waals surface area contributed by atoms with Crippen LogP contribution in [0.15, 0.2) is 30.3 Å². The van der Waals surface area contributed by atoms with Crippen molar-refractivity contribution in [3.05, 3.63) is 35.9 Å². The van der Waals surface area contributed by atoms with Crippen LogP contribution in [0, 0.1) is 0 Å². The van der Waals surface area contributed by atoms with E-state index in [4.69, 9.17) is 5.84 Å². The van der Waals surface area contributed by atoms with Crippen LogP contribution in [0.25, 0.3) is 0 Å². The fourth-order valence-electron chi connectivity index (χ4n) is 3.61. The summed E-state index contributed by atoms with van der Waals surface area (Å²) in [5.41, 5.74) is 3.36. The Morgan fingerprint density at radius 1 is 1.29 bits per heavy atom. The molecular weight excluding hydrogens is 264 g/mol. The molecular formula is C16H24N4O. The third-order valence-electron chi connectivity index (χ3n) is 4.77. The zero-order valence-corrected chi connectivity index (χ0v) is 12.4. The lowest BCUT2D eigenvalue weighted by molar-refractivity contribution is -0.123. The van der Waals surface area contributed by atoms with Gasteiger partial charge in [0, 0.05) is 32.2 Å². The van der Waals surface area contributed by atoms with Crippen molar-refractivity contribution in [1.82, 2.24) is 15.2 Å². The summed E-state index contributed by atoms with van der Waals surface area (Å²) in [6, 6.07) is 10.6. The number of hydrogen-bond donors (Lipinski definition) is 2. The number of carbonyl (C=O) groups is 1. The van der Waals surface area contributed by atoms with Crippen LogP contribution >= 0.6 is 0 Å². The van der Waals surface area contributed by atoms with E-state index in [1.807, 2.05) is 30.3 Å². The first-order chi connectivity index (χ1) is 10.3. The first-order valence-corrected chi connectivity index (χ1v) is 7.79. The number of carbonyl (C=O) groups excluding carboxylic acids is 1. The van der Waals surface area contributed by atoms with Crippen LogP contribution in [0.5, 0.6) is 0 Å². The minimum absolute atomic E-state index is 0.102. The fourth-order valence-corrected chi connectivity index (χ4v) is 3.61. The number of piperazine rings is 1. The maximum Gasteiger partial charge on any atom is 0.242 e. The van der Waals surface area contributed by atoms with E-state index in [1.165, 1.54) is 19.4 Å². The van der Waals surface area contributed by atoms with Crippen molar-refractivity contribution in [3.63, 3.8) is 0 Å². The van der Waals surface area contributed by atoms with Crippen molar-refractivity contribution in [2.75, 3.05) is 32.7 Å². The van der Waals surface area contributed by atoms with Crippen LogP contribution in [-0.4, -0.2) is 54.5 Å². The molecule has 1 aromatic carbocycles. The molecule has 1 aromatic rings. The maximum absolute atomic E-state index is 12.1. The van der Waals surface area contributed by atoms with E-state index >= 15 is 0 Å². The van der Waals surface area contributed by atoms with Crippen molar-refractivity contribution >= 4 is 5.91 Å². The third-order valence-corrected chi connectivity index (χ3v) is 4.77. The second-order valence-corrected chi connectivity index (χ2v) is 6.06. The summed E-state index contributed by atoms with van der Waals surface area (Å²) in [6.45, 7) is 5.22. The van der Waals surface area contributed by atoms with Gasteiger partial charge in [-0.3, -0.25) is 20.0 Å². The Balaban J connectivity index is 1.68. The predicted molar refractivity (Wildman–Crippen MR) is 82.5 cm³/mol. The van der Waals surface area contributed by atoms with Gasteiger partial charge in [0.2, 0.25) is 5.91 Å². The summed E-state index contributed by atoms with van der Waals surface area (Å²) in [7, 11) is 0. The SMILES string of the molecule is NNC(=O)C(CN1CCN2CCCC2C1)c1ccccc1. The zero-order valence-electron chi connectivity index (χ0n) is 12.4. The topological polar surface area (TPSA) is 61.6 Å². The van der Waals surface area contributed by atoms with E-state index in [9.17, 15) is 4.79 Å². The molecule has 2 fully saturated rings. The molecule has 1 amide bonds. The lowest BCUT2D eigenvalue weighted by Gasteiger charge is -2.38. The first kappa shape index (κ1) is 14.5. The zero-order chi connectivity index (χ0) is 14.7. The number of amides is 1. The van der Waals surface area contributed by atoms with Crippen molar-refractivity contribution in [2.24, 2.45) is 5.84 Å². The smallest absolute Gasteiger partial charge is 0.242 e. The molecule has 0 spiro atoms. The molecule has 2 aliphatic heterocycles. The van der Waals surface area contributed by atoms with Crippen LogP contribution in [0.1, 0.15) is 24.3 Å². The number of nitrogens with two attached hydrogens (primary N) is 1. The van der Waals surface area contributed by atoms with E-state index in [-0.39, 0.29) is 11.8 Å². The quantitative estimate of drug-likeness (QED) is 0.482. The number of fused-ring (bicyclic) bond motifs is 1. The Morgan fingerprint density at radius 3 is 2.86 bits per heavy atom. The molecule has 0 aromatic heterocycles. The highest BCUT2D eigenvalue weighted by Gasteiger charge is 2.32. The van der Waals surface area contributed by atoms with Gasteiger partial charge >= 0.3 is 0 Å². The fraction of sp³-hybridized carbons (Fsp3) is 0.562. The number of hydrogen-bond acceptors (Lipinski definition) is 4. The van der Waals surface area contributed by atoms with Gasteiger partial charge in [-0.05, 0) is 24.9 Å². The van der Waals surface area contributed by atoms with E-state index in [1.54, 1.807) is 0 Å². The minimum atomic E-state index is -0.191. The molecule has 0 saturated carbocycles. The second kappa shape index (κ2) is 6.56. The van der Waals surface area contributed by atoms with E-state index in [2.05, 4.69) is 15.2 Å². The van der Waals surface area contributed by atoms with Crippen molar-refractivity contribution in [2.45, 2.75) is 24.8 Å². The molecule has 114 valence electrons. The van der Waals surface area contributed by atoms with Crippen molar-refractivity contribution < 1.29 is 4.79 Å². The third kappa shape index (κ3) is 3.26. The molecule has 2 unspecified atom stereocenters. The molecule has 3 N–H and O–H groups in total. The molecule has 21 heavy (non-hydrogen) atoms. The van der Waals surface area contributed by atoms with Gasteiger partial charge < -0.3 is 0 Å². The highest BCUT2D eigenvalue weighted by atomic mass is 16.2. The van der Waals surface area contributed by atoms with Gasteiger partial charge in [0.15, 0.2) is 0 Å². The highest BCUT2D eigenvalue weighted by molar-refractivity contribution is 5.83. The van der Waals surface area contributed by atoms with E-state index < -0.39 is 0 Å². The summed E-state index contributed by atoms with van der Waals surface area (Å²) in [4.78, 5) is 17.1. The number of nitrogens with zero attached hydrogens (tertiary/aromatic N) is 2. The average Bonchev–Trinajstić information content (AvgIpc) is 3.00. The minimum Gasteiger partial charge on any atom is -0.299 e. The second-order valence-electron chi connectivity index (χ2n) is 6.06.